The molecule has 1 aromatic carbocycles. The molecule has 2 heterocycles. The molecule has 10 heteroatoms. The lowest BCUT2D eigenvalue weighted by atomic mass is 10.2. The molecule has 0 saturated carbocycles. The van der Waals surface area contributed by atoms with E-state index in [1.165, 1.54) is 28.1 Å². The minimum Gasteiger partial charge on any atom is -0.345 e. The number of aromatic nitrogens is 1. The highest BCUT2D eigenvalue weighted by Crippen LogP contribution is 2.28. The van der Waals surface area contributed by atoms with E-state index in [2.05, 4.69) is 26.6 Å². The van der Waals surface area contributed by atoms with Crippen LogP contribution in [0, 0.1) is 0 Å². The fraction of sp³-hybridized carbons (Fsp3) is 0.333. The van der Waals surface area contributed by atoms with E-state index in [1.807, 2.05) is 0 Å². The first-order valence-corrected chi connectivity index (χ1v) is 11.0. The number of rotatable bonds is 5. The predicted molar refractivity (Wildman–Crippen MR) is 110 cm³/mol. The summed E-state index contributed by atoms with van der Waals surface area (Å²) in [6.07, 6.45) is 3.13. The van der Waals surface area contributed by atoms with Crippen LogP contribution in [0.4, 0.5) is 11.4 Å². The Morgan fingerprint density at radius 2 is 1.75 bits per heavy atom. The Bertz CT molecular complexity index is 1030. The molecule has 1 aliphatic rings. The van der Waals surface area contributed by atoms with Gasteiger partial charge >= 0.3 is 0 Å². The van der Waals surface area contributed by atoms with Crippen molar-refractivity contribution in [2.24, 2.45) is 7.05 Å². The summed E-state index contributed by atoms with van der Waals surface area (Å²) >= 11 is 3.34. The van der Waals surface area contributed by atoms with Crippen LogP contribution in [0.1, 0.15) is 30.3 Å². The molecule has 0 radical (unpaired) electrons. The Kier molecular flexibility index (Phi) is 5.92. The van der Waals surface area contributed by atoms with Gasteiger partial charge in [0.15, 0.2) is 0 Å². The van der Waals surface area contributed by atoms with Gasteiger partial charge in [0.2, 0.25) is 15.9 Å². The van der Waals surface area contributed by atoms with E-state index >= 15 is 0 Å². The van der Waals surface area contributed by atoms with E-state index in [1.54, 1.807) is 25.2 Å². The quantitative estimate of drug-likeness (QED) is 0.704. The van der Waals surface area contributed by atoms with E-state index in [9.17, 15) is 18.0 Å². The van der Waals surface area contributed by atoms with Crippen molar-refractivity contribution < 1.29 is 18.0 Å². The number of anilines is 2. The third-order valence-corrected chi connectivity index (χ3v) is 6.81. The molecular formula is C18H21BrN4O4S. The molecule has 0 aliphatic carbocycles. The molecular weight excluding hydrogens is 448 g/mol. The second kappa shape index (κ2) is 8.06. The minimum absolute atomic E-state index is 0.0957. The van der Waals surface area contributed by atoms with Gasteiger partial charge in [0, 0.05) is 37.7 Å². The fourth-order valence-electron chi connectivity index (χ4n) is 3.08. The Labute approximate surface area is 172 Å². The van der Waals surface area contributed by atoms with Gasteiger partial charge in [0.1, 0.15) is 10.6 Å². The average Bonchev–Trinajstić information content (AvgIpc) is 3.27. The third kappa shape index (κ3) is 4.29. The average molecular weight is 469 g/mol. The van der Waals surface area contributed by atoms with Gasteiger partial charge in [-0.1, -0.05) is 15.9 Å². The van der Waals surface area contributed by atoms with Crippen LogP contribution < -0.4 is 10.6 Å². The smallest absolute Gasteiger partial charge is 0.272 e. The molecule has 1 aliphatic heterocycles. The summed E-state index contributed by atoms with van der Waals surface area (Å²) in [4.78, 5) is 24.3. The monoisotopic (exact) mass is 468 g/mol. The van der Waals surface area contributed by atoms with Gasteiger partial charge in [0.05, 0.1) is 11.4 Å². The Morgan fingerprint density at radius 3 is 2.39 bits per heavy atom. The summed E-state index contributed by atoms with van der Waals surface area (Å²) in [6, 6.07) is 6.44. The van der Waals surface area contributed by atoms with E-state index in [0.717, 1.165) is 17.3 Å². The standard InChI is InChI=1S/C18H21BrN4O4S/c1-12(24)20-15-6-5-13(19)9-16(15)21-18(25)17-10-14(11-22(17)2)28(26,27)23-7-3-4-8-23/h5-6,9-11H,3-4,7-8H2,1-2H3,(H,20,24)(H,21,25). The van der Waals surface area contributed by atoms with Crippen molar-refractivity contribution in [3.8, 4) is 0 Å². The van der Waals surface area contributed by atoms with E-state index in [-0.39, 0.29) is 16.5 Å². The number of nitrogens with zero attached hydrogens (tertiary/aromatic N) is 2. The third-order valence-electron chi connectivity index (χ3n) is 4.46. The Balaban J connectivity index is 1.87. The fourth-order valence-corrected chi connectivity index (χ4v) is 5.03. The zero-order valence-corrected chi connectivity index (χ0v) is 17.9. The van der Waals surface area contributed by atoms with E-state index in [4.69, 9.17) is 0 Å². The highest BCUT2D eigenvalue weighted by atomic mass is 79.9. The normalized spacial score (nSPS) is 14.8. The molecule has 0 unspecified atom stereocenters. The van der Waals surface area contributed by atoms with Crippen molar-refractivity contribution in [1.82, 2.24) is 8.87 Å². The molecule has 1 fully saturated rings. The number of hydrogen-bond acceptors (Lipinski definition) is 4. The van der Waals surface area contributed by atoms with Gasteiger partial charge in [-0.25, -0.2) is 8.42 Å². The van der Waals surface area contributed by atoms with Crippen LogP contribution in [0.25, 0.3) is 0 Å². The van der Waals surface area contributed by atoms with Gasteiger partial charge in [-0.15, -0.1) is 0 Å². The van der Waals surface area contributed by atoms with Crippen molar-refractivity contribution in [3.63, 3.8) is 0 Å². The molecule has 0 atom stereocenters. The number of halogens is 1. The van der Waals surface area contributed by atoms with Crippen molar-refractivity contribution in [1.29, 1.82) is 0 Å². The van der Waals surface area contributed by atoms with Crippen molar-refractivity contribution in [3.05, 3.63) is 40.6 Å². The maximum Gasteiger partial charge on any atom is 0.272 e. The van der Waals surface area contributed by atoms with Gasteiger partial charge in [-0.2, -0.15) is 4.31 Å². The molecule has 28 heavy (non-hydrogen) atoms. The summed E-state index contributed by atoms with van der Waals surface area (Å²) in [5.41, 5.74) is 1.05. The van der Waals surface area contributed by atoms with Gasteiger partial charge < -0.3 is 15.2 Å². The summed E-state index contributed by atoms with van der Waals surface area (Å²) in [6.45, 7) is 2.37. The number of nitrogens with one attached hydrogen (secondary N) is 2. The first kappa shape index (κ1) is 20.6. The lowest BCUT2D eigenvalue weighted by molar-refractivity contribution is -0.114. The predicted octanol–water partition coefficient (Wildman–Crippen LogP) is 2.78. The van der Waals surface area contributed by atoms with Crippen LogP contribution in [-0.4, -0.2) is 42.2 Å². The van der Waals surface area contributed by atoms with Gasteiger partial charge in [-0.3, -0.25) is 9.59 Å². The second-order valence-electron chi connectivity index (χ2n) is 6.61. The largest absolute Gasteiger partial charge is 0.345 e. The van der Waals surface area contributed by atoms with E-state index < -0.39 is 15.9 Å². The van der Waals surface area contributed by atoms with Crippen LogP contribution in [0.15, 0.2) is 39.8 Å². The molecule has 0 spiro atoms. The zero-order chi connectivity index (χ0) is 20.5. The molecule has 0 bridgehead atoms. The summed E-state index contributed by atoms with van der Waals surface area (Å²) in [5.74, 6) is -0.745. The SMILES string of the molecule is CC(=O)Nc1ccc(Br)cc1NC(=O)c1cc(S(=O)(=O)N2CCCC2)cn1C. The number of aryl methyl sites for hydroxylation is 1. The van der Waals surface area contributed by atoms with Crippen LogP contribution in [0.2, 0.25) is 0 Å². The van der Waals surface area contributed by atoms with Crippen molar-refractivity contribution in [2.45, 2.75) is 24.7 Å². The number of carbonyl (C=O) groups is 2. The van der Waals surface area contributed by atoms with Crippen LogP contribution in [0.3, 0.4) is 0 Å². The maximum atomic E-state index is 12.8. The second-order valence-corrected chi connectivity index (χ2v) is 9.46. The van der Waals surface area contributed by atoms with Gasteiger partial charge in [0.25, 0.3) is 5.91 Å². The van der Waals surface area contributed by atoms with E-state index in [0.29, 0.717) is 24.5 Å². The summed E-state index contributed by atoms with van der Waals surface area (Å²) in [5, 5.41) is 5.39. The number of amides is 2. The molecule has 2 aromatic rings. The molecule has 1 aromatic heterocycles. The zero-order valence-electron chi connectivity index (χ0n) is 15.5. The molecule has 2 amide bonds. The first-order valence-electron chi connectivity index (χ1n) is 8.73. The van der Waals surface area contributed by atoms with Crippen LogP contribution in [-0.2, 0) is 21.9 Å². The number of sulfonamides is 1. The Morgan fingerprint density at radius 1 is 1.07 bits per heavy atom. The highest BCUT2D eigenvalue weighted by Gasteiger charge is 2.29. The van der Waals surface area contributed by atoms with Crippen molar-refractivity contribution in [2.75, 3.05) is 23.7 Å². The summed E-state index contributed by atoms with van der Waals surface area (Å²) < 4.78 is 29.1. The minimum atomic E-state index is -3.61. The highest BCUT2D eigenvalue weighted by molar-refractivity contribution is 9.10. The van der Waals surface area contributed by atoms with Crippen molar-refractivity contribution >= 4 is 49.1 Å². The maximum absolute atomic E-state index is 12.8. The molecule has 1 saturated heterocycles. The molecule has 8 nitrogen and oxygen atoms in total. The van der Waals surface area contributed by atoms with Crippen LogP contribution >= 0.6 is 15.9 Å². The number of carbonyl (C=O) groups excluding carboxylic acids is 2. The molecule has 3 rings (SSSR count). The number of benzene rings is 1. The lowest BCUT2D eigenvalue weighted by Crippen LogP contribution is -2.27. The first-order chi connectivity index (χ1) is 13.2. The topological polar surface area (TPSA) is 101 Å². The molecule has 2 N–H and O–H groups in total. The van der Waals surface area contributed by atoms with Crippen LogP contribution in [0.5, 0.6) is 0 Å². The number of hydrogen-bond donors (Lipinski definition) is 2. The lowest BCUT2D eigenvalue weighted by Gasteiger charge is -2.13. The van der Waals surface area contributed by atoms with Gasteiger partial charge in [-0.05, 0) is 37.1 Å². The Hall–Kier alpha value is -2.17. The molecule has 150 valence electrons. The summed E-state index contributed by atoms with van der Waals surface area (Å²) in [7, 11) is -1.99.